The summed E-state index contributed by atoms with van der Waals surface area (Å²) >= 11 is 0. The van der Waals surface area contributed by atoms with E-state index in [2.05, 4.69) is 21.7 Å². The van der Waals surface area contributed by atoms with E-state index in [1.165, 1.54) is 0 Å². The van der Waals surface area contributed by atoms with Crippen LogP contribution < -0.4 is 9.47 Å². The Morgan fingerprint density at radius 3 is 3.09 bits per heavy atom. The van der Waals surface area contributed by atoms with E-state index in [-0.39, 0.29) is 18.7 Å². The molecule has 1 aromatic carbocycles. The van der Waals surface area contributed by atoms with Gasteiger partial charge < -0.3 is 18.9 Å². The molecule has 0 bridgehead atoms. The second kappa shape index (κ2) is 5.57. The smallest absolute Gasteiger partial charge is 0.254 e. The number of ether oxygens (including phenoxy) is 2. The summed E-state index contributed by atoms with van der Waals surface area (Å²) in [4.78, 5) is 14.6. The zero-order valence-electron chi connectivity index (χ0n) is 12.9. The van der Waals surface area contributed by atoms with Crippen LogP contribution in [0.25, 0.3) is 0 Å². The fourth-order valence-corrected chi connectivity index (χ4v) is 3.19. The van der Waals surface area contributed by atoms with Gasteiger partial charge in [0.2, 0.25) is 6.79 Å². The number of benzene rings is 1. The van der Waals surface area contributed by atoms with E-state index in [1.54, 1.807) is 24.5 Å². The lowest BCUT2D eigenvalue weighted by Crippen LogP contribution is -2.29. The maximum Gasteiger partial charge on any atom is 0.254 e. The Bertz CT molecular complexity index is 743. The Kier molecular flexibility index (Phi) is 3.40. The topological polar surface area (TPSA) is 69.5 Å². The molecule has 2 aromatic rings. The zero-order valence-corrected chi connectivity index (χ0v) is 12.9. The fraction of sp³-hybridized carbons (Fsp3) is 0.438. The van der Waals surface area contributed by atoms with Gasteiger partial charge in [-0.2, -0.15) is 0 Å². The first-order chi connectivity index (χ1) is 11.3. The molecule has 1 aromatic heterocycles. The average molecular weight is 314 g/mol. The molecule has 0 N–H and O–H groups in total. The second-order valence-corrected chi connectivity index (χ2v) is 5.77. The maximum atomic E-state index is 12.7. The first-order valence-electron chi connectivity index (χ1n) is 7.83. The van der Waals surface area contributed by atoms with Crippen LogP contribution in [0.3, 0.4) is 0 Å². The van der Waals surface area contributed by atoms with Gasteiger partial charge in [-0.05, 0) is 24.6 Å². The third kappa shape index (κ3) is 2.42. The van der Waals surface area contributed by atoms with Crippen molar-refractivity contribution in [1.82, 2.24) is 19.7 Å². The number of aryl methyl sites for hydroxylation is 1. The van der Waals surface area contributed by atoms with Crippen molar-refractivity contribution in [2.45, 2.75) is 25.8 Å². The van der Waals surface area contributed by atoms with Crippen molar-refractivity contribution in [3.05, 3.63) is 35.9 Å². The molecule has 23 heavy (non-hydrogen) atoms. The Labute approximate surface area is 133 Å². The molecule has 120 valence electrons. The number of aromatic nitrogens is 3. The molecule has 0 spiro atoms. The lowest BCUT2D eigenvalue weighted by Gasteiger charge is -2.18. The first kappa shape index (κ1) is 14.0. The van der Waals surface area contributed by atoms with Crippen molar-refractivity contribution < 1.29 is 14.3 Å². The Morgan fingerprint density at radius 2 is 2.22 bits per heavy atom. The summed E-state index contributed by atoms with van der Waals surface area (Å²) in [5, 5.41) is 8.11. The highest BCUT2D eigenvalue weighted by molar-refractivity contribution is 5.95. The first-order valence-corrected chi connectivity index (χ1v) is 7.83. The standard InChI is InChI=1S/C16H18N4O3/c1-2-15-18-17-9-20(15)12-5-6-19(8-12)16(21)11-3-4-13-14(7-11)23-10-22-13/h3-4,7,9,12H,2,5-6,8,10H2,1H3/t12-/m0/s1. The highest BCUT2D eigenvalue weighted by Gasteiger charge is 2.29. The normalized spacial score (nSPS) is 19.3. The zero-order chi connectivity index (χ0) is 15.8. The molecule has 1 atom stereocenters. The number of amides is 1. The van der Waals surface area contributed by atoms with Crippen molar-refractivity contribution >= 4 is 5.91 Å². The van der Waals surface area contributed by atoms with Crippen LogP contribution in [0.5, 0.6) is 11.5 Å². The van der Waals surface area contributed by atoms with Gasteiger partial charge in [0, 0.05) is 25.1 Å². The largest absolute Gasteiger partial charge is 0.454 e. The summed E-state index contributed by atoms with van der Waals surface area (Å²) in [6, 6.07) is 5.59. The van der Waals surface area contributed by atoms with Gasteiger partial charge in [-0.15, -0.1) is 10.2 Å². The van der Waals surface area contributed by atoms with E-state index in [1.807, 2.05) is 4.90 Å². The van der Waals surface area contributed by atoms with Gasteiger partial charge in [0.05, 0.1) is 6.04 Å². The molecule has 0 saturated carbocycles. The molecule has 4 rings (SSSR count). The molecule has 7 nitrogen and oxygen atoms in total. The summed E-state index contributed by atoms with van der Waals surface area (Å²) in [7, 11) is 0. The number of nitrogens with zero attached hydrogens (tertiary/aromatic N) is 4. The van der Waals surface area contributed by atoms with Crippen molar-refractivity contribution in [2.75, 3.05) is 19.9 Å². The molecule has 0 unspecified atom stereocenters. The van der Waals surface area contributed by atoms with E-state index < -0.39 is 0 Å². The number of fused-ring (bicyclic) bond motifs is 1. The van der Waals surface area contributed by atoms with E-state index in [9.17, 15) is 4.79 Å². The van der Waals surface area contributed by atoms with Crippen LogP contribution in [-0.4, -0.2) is 45.5 Å². The van der Waals surface area contributed by atoms with Gasteiger partial charge in [0.25, 0.3) is 5.91 Å². The molecule has 1 amide bonds. The maximum absolute atomic E-state index is 12.7. The van der Waals surface area contributed by atoms with Gasteiger partial charge >= 0.3 is 0 Å². The summed E-state index contributed by atoms with van der Waals surface area (Å²) < 4.78 is 12.7. The third-order valence-electron chi connectivity index (χ3n) is 4.43. The monoisotopic (exact) mass is 314 g/mol. The van der Waals surface area contributed by atoms with E-state index in [4.69, 9.17) is 9.47 Å². The molecule has 0 aliphatic carbocycles. The Morgan fingerprint density at radius 1 is 1.35 bits per heavy atom. The number of hydrogen-bond donors (Lipinski definition) is 0. The lowest BCUT2D eigenvalue weighted by molar-refractivity contribution is 0.0787. The number of likely N-dealkylation sites (tertiary alicyclic amines) is 1. The fourth-order valence-electron chi connectivity index (χ4n) is 3.19. The number of carbonyl (C=O) groups excluding carboxylic acids is 1. The van der Waals surface area contributed by atoms with Crippen LogP contribution in [0.4, 0.5) is 0 Å². The average Bonchev–Trinajstić information content (AvgIpc) is 3.31. The molecular weight excluding hydrogens is 296 g/mol. The second-order valence-electron chi connectivity index (χ2n) is 5.77. The molecule has 2 aliphatic rings. The number of hydrogen-bond acceptors (Lipinski definition) is 5. The minimum Gasteiger partial charge on any atom is -0.454 e. The van der Waals surface area contributed by atoms with Gasteiger partial charge in [-0.1, -0.05) is 6.92 Å². The minimum absolute atomic E-state index is 0.0249. The quantitative estimate of drug-likeness (QED) is 0.862. The summed E-state index contributed by atoms with van der Waals surface area (Å²) in [5.74, 6) is 2.32. The number of carbonyl (C=O) groups is 1. The van der Waals surface area contributed by atoms with Crippen LogP contribution in [-0.2, 0) is 6.42 Å². The summed E-state index contributed by atoms with van der Waals surface area (Å²) in [6.07, 6.45) is 3.52. The van der Waals surface area contributed by atoms with Crippen molar-refractivity contribution in [3.8, 4) is 11.5 Å². The van der Waals surface area contributed by atoms with Gasteiger partial charge in [0.15, 0.2) is 11.5 Å². The summed E-state index contributed by atoms with van der Waals surface area (Å²) in [5.41, 5.74) is 0.634. The molecule has 1 saturated heterocycles. The SMILES string of the molecule is CCc1nncn1[C@H]1CCN(C(=O)c2ccc3c(c2)OCO3)C1. The molecule has 2 aliphatic heterocycles. The predicted octanol–water partition coefficient (Wildman–Crippen LogP) is 1.66. The highest BCUT2D eigenvalue weighted by atomic mass is 16.7. The minimum atomic E-state index is 0.0249. The lowest BCUT2D eigenvalue weighted by atomic mass is 10.2. The van der Waals surface area contributed by atoms with Crippen LogP contribution in [0.2, 0.25) is 0 Å². The van der Waals surface area contributed by atoms with Gasteiger partial charge in [0.1, 0.15) is 12.2 Å². The van der Waals surface area contributed by atoms with Gasteiger partial charge in [-0.25, -0.2) is 0 Å². The van der Waals surface area contributed by atoms with Crippen LogP contribution >= 0.6 is 0 Å². The number of rotatable bonds is 3. The predicted molar refractivity (Wildman–Crippen MR) is 81.5 cm³/mol. The van der Waals surface area contributed by atoms with E-state index in [0.717, 1.165) is 25.2 Å². The van der Waals surface area contributed by atoms with E-state index >= 15 is 0 Å². The molecule has 7 heteroatoms. The Balaban J connectivity index is 1.50. The van der Waals surface area contributed by atoms with Crippen LogP contribution in [0.1, 0.15) is 35.6 Å². The van der Waals surface area contributed by atoms with Crippen molar-refractivity contribution in [3.63, 3.8) is 0 Å². The highest BCUT2D eigenvalue weighted by Crippen LogP contribution is 2.33. The molecule has 0 radical (unpaired) electrons. The molecule has 3 heterocycles. The van der Waals surface area contributed by atoms with Gasteiger partial charge in [-0.3, -0.25) is 4.79 Å². The molecular formula is C16H18N4O3. The van der Waals surface area contributed by atoms with Crippen LogP contribution in [0, 0.1) is 0 Å². The third-order valence-corrected chi connectivity index (χ3v) is 4.43. The Hall–Kier alpha value is -2.57. The summed E-state index contributed by atoms with van der Waals surface area (Å²) in [6.45, 7) is 3.69. The van der Waals surface area contributed by atoms with E-state index in [0.29, 0.717) is 23.6 Å². The van der Waals surface area contributed by atoms with Crippen LogP contribution in [0.15, 0.2) is 24.5 Å². The van der Waals surface area contributed by atoms with Crippen molar-refractivity contribution in [2.24, 2.45) is 0 Å². The van der Waals surface area contributed by atoms with Crippen molar-refractivity contribution in [1.29, 1.82) is 0 Å². The molecule has 1 fully saturated rings.